The molecule has 0 saturated heterocycles. The van der Waals surface area contributed by atoms with E-state index in [0.717, 1.165) is 29.8 Å². The fraction of sp³-hybridized carbons (Fsp3) is 0.458. The maximum Gasteiger partial charge on any atom is 0.256 e. The minimum Gasteiger partial charge on any atom is -0.349 e. The number of aryl methyl sites for hydroxylation is 2. The molecule has 3 aromatic rings. The topological polar surface area (TPSA) is 59.3 Å². The summed E-state index contributed by atoms with van der Waals surface area (Å²) >= 11 is 0. The van der Waals surface area contributed by atoms with Crippen LogP contribution in [0.2, 0.25) is 0 Å². The first-order valence-corrected chi connectivity index (χ1v) is 10.6. The molecule has 2 aromatic heterocycles. The minimum atomic E-state index is -0.0620. The van der Waals surface area contributed by atoms with Crippen LogP contribution >= 0.6 is 0 Å². The normalized spacial score (nSPS) is 22.0. The maximum absolute atomic E-state index is 13.0. The molecule has 1 aliphatic carbocycles. The number of amides is 1. The molecule has 1 aromatic carbocycles. The Balaban J connectivity index is 1.63. The lowest BCUT2D eigenvalue weighted by atomic mass is 9.78. The molecular formula is C24H30N4O. The Kier molecular flexibility index (Phi) is 5.39. The Morgan fingerprint density at radius 2 is 1.93 bits per heavy atom. The molecule has 1 amide bonds. The Hall–Kier alpha value is -2.69. The van der Waals surface area contributed by atoms with E-state index in [1.54, 1.807) is 6.20 Å². The number of carbonyl (C=O) groups is 1. The molecule has 29 heavy (non-hydrogen) atoms. The second kappa shape index (κ2) is 7.97. The van der Waals surface area contributed by atoms with Crippen LogP contribution < -0.4 is 5.32 Å². The van der Waals surface area contributed by atoms with Crippen LogP contribution in [0.25, 0.3) is 5.65 Å². The monoisotopic (exact) mass is 390 g/mol. The van der Waals surface area contributed by atoms with Crippen LogP contribution in [-0.2, 0) is 6.42 Å². The Morgan fingerprint density at radius 3 is 2.69 bits per heavy atom. The quantitative estimate of drug-likeness (QED) is 0.714. The van der Waals surface area contributed by atoms with E-state index < -0.39 is 0 Å². The first kappa shape index (κ1) is 19.6. The van der Waals surface area contributed by atoms with Gasteiger partial charge < -0.3 is 5.32 Å². The number of hydrogen-bond donors (Lipinski definition) is 1. The van der Waals surface area contributed by atoms with Crippen molar-refractivity contribution in [2.24, 2.45) is 11.8 Å². The number of rotatable bonds is 4. The van der Waals surface area contributed by atoms with Crippen molar-refractivity contribution < 1.29 is 4.79 Å². The van der Waals surface area contributed by atoms with E-state index in [9.17, 15) is 4.79 Å². The van der Waals surface area contributed by atoms with E-state index in [1.165, 1.54) is 18.4 Å². The molecule has 1 aliphatic rings. The molecule has 5 nitrogen and oxygen atoms in total. The smallest absolute Gasteiger partial charge is 0.256 e. The van der Waals surface area contributed by atoms with E-state index in [1.807, 2.05) is 17.5 Å². The molecule has 0 aliphatic heterocycles. The van der Waals surface area contributed by atoms with Crippen LogP contribution in [0.4, 0.5) is 0 Å². The van der Waals surface area contributed by atoms with E-state index in [-0.39, 0.29) is 11.9 Å². The molecule has 1 N–H and O–H groups in total. The average Bonchev–Trinajstić information content (AvgIpc) is 3.13. The van der Waals surface area contributed by atoms with Gasteiger partial charge in [-0.1, -0.05) is 57.0 Å². The molecule has 0 bridgehead atoms. The van der Waals surface area contributed by atoms with Crippen molar-refractivity contribution in [2.75, 3.05) is 0 Å². The maximum atomic E-state index is 13.0. The molecule has 3 atom stereocenters. The van der Waals surface area contributed by atoms with Gasteiger partial charge in [0.2, 0.25) is 0 Å². The molecule has 0 unspecified atom stereocenters. The first-order chi connectivity index (χ1) is 14.0. The predicted octanol–water partition coefficient (Wildman–Crippen LogP) is 4.49. The Bertz CT molecular complexity index is 1020. The van der Waals surface area contributed by atoms with Crippen molar-refractivity contribution in [3.8, 4) is 0 Å². The highest BCUT2D eigenvalue weighted by Gasteiger charge is 2.29. The highest BCUT2D eigenvalue weighted by atomic mass is 16.1. The van der Waals surface area contributed by atoms with Gasteiger partial charge in [0.15, 0.2) is 5.65 Å². The molecule has 0 spiro atoms. The van der Waals surface area contributed by atoms with Crippen molar-refractivity contribution in [3.05, 3.63) is 64.6 Å². The van der Waals surface area contributed by atoms with Gasteiger partial charge in [0, 0.05) is 23.9 Å². The molecule has 0 radical (unpaired) electrons. The summed E-state index contributed by atoms with van der Waals surface area (Å²) in [5.41, 5.74) is 5.60. The van der Waals surface area contributed by atoms with Crippen LogP contribution in [0.3, 0.4) is 0 Å². The van der Waals surface area contributed by atoms with Gasteiger partial charge in [-0.15, -0.1) is 0 Å². The summed E-state index contributed by atoms with van der Waals surface area (Å²) in [6, 6.07) is 10.6. The number of hydrogen-bond acceptors (Lipinski definition) is 3. The number of benzene rings is 1. The van der Waals surface area contributed by atoms with Gasteiger partial charge in [0.05, 0.1) is 6.20 Å². The third kappa shape index (κ3) is 3.78. The molecule has 4 rings (SSSR count). The summed E-state index contributed by atoms with van der Waals surface area (Å²) in [4.78, 5) is 17.8. The van der Waals surface area contributed by atoms with Gasteiger partial charge in [-0.2, -0.15) is 5.10 Å². The van der Waals surface area contributed by atoms with Crippen molar-refractivity contribution in [1.82, 2.24) is 19.9 Å². The zero-order valence-electron chi connectivity index (χ0n) is 17.8. The lowest BCUT2D eigenvalue weighted by Gasteiger charge is -2.34. The molecule has 5 heteroatoms. The summed E-state index contributed by atoms with van der Waals surface area (Å²) in [5.74, 6) is 1.07. The van der Waals surface area contributed by atoms with Crippen molar-refractivity contribution in [2.45, 2.75) is 59.4 Å². The minimum absolute atomic E-state index is 0.0620. The molecule has 152 valence electrons. The van der Waals surface area contributed by atoms with E-state index >= 15 is 0 Å². The number of fused-ring (bicyclic) bond motifs is 1. The van der Waals surface area contributed by atoms with Gasteiger partial charge in [-0.25, -0.2) is 9.50 Å². The van der Waals surface area contributed by atoms with Crippen LogP contribution in [-0.4, -0.2) is 26.5 Å². The zero-order valence-corrected chi connectivity index (χ0v) is 17.8. The SMILES string of the molecule is Cc1nc2c(C(=O)N[C@@H]3CCC[C@@H](C)[C@@H]3C)cnn2c(C)c1Cc1ccccc1. The highest BCUT2D eigenvalue weighted by Crippen LogP contribution is 2.30. The van der Waals surface area contributed by atoms with Crippen LogP contribution in [0.5, 0.6) is 0 Å². The van der Waals surface area contributed by atoms with Crippen LogP contribution in [0.15, 0.2) is 36.5 Å². The molecule has 1 saturated carbocycles. The Labute approximate surface area is 172 Å². The number of carbonyl (C=O) groups excluding carboxylic acids is 1. The van der Waals surface area contributed by atoms with Gasteiger partial charge >= 0.3 is 0 Å². The summed E-state index contributed by atoms with van der Waals surface area (Å²) < 4.78 is 1.81. The second-order valence-corrected chi connectivity index (χ2v) is 8.56. The standard InChI is InChI=1S/C24H30N4O/c1-15-9-8-12-22(16(15)2)27-24(29)21-14-25-28-18(4)20(17(3)26-23(21)28)13-19-10-6-5-7-11-19/h5-7,10-11,14-16,22H,8-9,12-13H2,1-4H3,(H,27,29)/t15-,16+,22-/m1/s1. The lowest BCUT2D eigenvalue weighted by molar-refractivity contribution is 0.0892. The van der Waals surface area contributed by atoms with Crippen molar-refractivity contribution in [3.63, 3.8) is 0 Å². The highest BCUT2D eigenvalue weighted by molar-refractivity contribution is 5.99. The molecule has 2 heterocycles. The fourth-order valence-electron chi connectivity index (χ4n) is 4.56. The predicted molar refractivity (Wildman–Crippen MR) is 115 cm³/mol. The molecule has 1 fully saturated rings. The third-order valence-corrected chi connectivity index (χ3v) is 6.70. The van der Waals surface area contributed by atoms with Gasteiger partial charge in [-0.05, 0) is 43.2 Å². The van der Waals surface area contributed by atoms with E-state index in [2.05, 4.69) is 55.5 Å². The fourth-order valence-corrected chi connectivity index (χ4v) is 4.56. The molecular weight excluding hydrogens is 360 g/mol. The summed E-state index contributed by atoms with van der Waals surface area (Å²) in [5, 5.41) is 7.76. The number of nitrogens with zero attached hydrogens (tertiary/aromatic N) is 3. The Morgan fingerprint density at radius 1 is 1.17 bits per heavy atom. The van der Waals surface area contributed by atoms with Crippen molar-refractivity contribution >= 4 is 11.6 Å². The number of aromatic nitrogens is 3. The summed E-state index contributed by atoms with van der Waals surface area (Å²) in [7, 11) is 0. The number of nitrogens with one attached hydrogen (secondary N) is 1. The van der Waals surface area contributed by atoms with Gasteiger partial charge in [-0.3, -0.25) is 4.79 Å². The van der Waals surface area contributed by atoms with Crippen LogP contribution in [0.1, 0.15) is 66.0 Å². The summed E-state index contributed by atoms with van der Waals surface area (Å²) in [6.07, 6.45) is 5.93. The zero-order chi connectivity index (χ0) is 20.5. The van der Waals surface area contributed by atoms with E-state index in [4.69, 9.17) is 4.98 Å². The lowest BCUT2D eigenvalue weighted by Crippen LogP contribution is -2.43. The first-order valence-electron chi connectivity index (χ1n) is 10.6. The van der Waals surface area contributed by atoms with Gasteiger partial charge in [0.1, 0.15) is 5.56 Å². The third-order valence-electron chi connectivity index (χ3n) is 6.70. The summed E-state index contributed by atoms with van der Waals surface area (Å²) in [6.45, 7) is 8.60. The van der Waals surface area contributed by atoms with E-state index in [0.29, 0.717) is 23.0 Å². The van der Waals surface area contributed by atoms with Crippen LogP contribution in [0, 0.1) is 25.7 Å². The second-order valence-electron chi connectivity index (χ2n) is 8.56. The van der Waals surface area contributed by atoms with Gasteiger partial charge in [0.25, 0.3) is 5.91 Å². The average molecular weight is 391 g/mol. The van der Waals surface area contributed by atoms with Crippen molar-refractivity contribution in [1.29, 1.82) is 0 Å². The largest absolute Gasteiger partial charge is 0.349 e.